The fraction of sp³-hybridized carbons (Fsp3) is 0.571. The Morgan fingerprint density at radius 1 is 1.45 bits per heavy atom. The van der Waals surface area contributed by atoms with Crippen molar-refractivity contribution < 1.29 is 5.11 Å². The van der Waals surface area contributed by atoms with E-state index in [-0.39, 0.29) is 17.6 Å². The van der Waals surface area contributed by atoms with Crippen LogP contribution in [0.15, 0.2) is 11.4 Å². The molecule has 5 nitrogen and oxygen atoms in total. The largest absolute Gasteiger partial charge is 0.392 e. The molecule has 0 aromatic carbocycles. The van der Waals surface area contributed by atoms with Gasteiger partial charge in [-0.3, -0.25) is 0 Å². The predicted octanol–water partition coefficient (Wildman–Crippen LogP) is 2.69. The Bertz CT molecular complexity index is 625. The first-order valence-corrected chi connectivity index (χ1v) is 7.84. The molecule has 1 fully saturated rings. The van der Waals surface area contributed by atoms with Gasteiger partial charge in [0.1, 0.15) is 10.6 Å². The average Bonchev–Trinajstić information content (AvgIpc) is 2.87. The Balaban J connectivity index is 1.92. The maximum atomic E-state index is 9.85. The lowest BCUT2D eigenvalue weighted by molar-refractivity contribution is -0.0511. The van der Waals surface area contributed by atoms with Crippen molar-refractivity contribution in [1.82, 2.24) is 9.97 Å². The minimum absolute atomic E-state index is 0.119. The van der Waals surface area contributed by atoms with E-state index in [9.17, 15) is 5.11 Å². The number of aromatic nitrogens is 2. The quantitative estimate of drug-likeness (QED) is 0.808. The first-order valence-electron chi connectivity index (χ1n) is 6.96. The van der Waals surface area contributed by atoms with Crippen molar-refractivity contribution in [3.8, 4) is 0 Å². The molecule has 1 saturated carbocycles. The van der Waals surface area contributed by atoms with Crippen LogP contribution in [-0.2, 0) is 0 Å². The van der Waals surface area contributed by atoms with Gasteiger partial charge in [0.05, 0.1) is 11.5 Å². The second kappa shape index (κ2) is 4.86. The van der Waals surface area contributed by atoms with E-state index < -0.39 is 0 Å². The third-order valence-electron chi connectivity index (χ3n) is 4.19. The van der Waals surface area contributed by atoms with Crippen molar-refractivity contribution in [2.45, 2.75) is 39.3 Å². The average molecular weight is 292 g/mol. The summed E-state index contributed by atoms with van der Waals surface area (Å²) in [5.74, 6) is 1.51. The molecule has 0 spiro atoms. The molecule has 2 unspecified atom stereocenters. The van der Waals surface area contributed by atoms with Gasteiger partial charge in [-0.05, 0) is 24.8 Å². The molecule has 2 atom stereocenters. The molecular formula is C14H20N4OS. The van der Waals surface area contributed by atoms with Crippen molar-refractivity contribution in [1.29, 1.82) is 0 Å². The second-order valence-electron chi connectivity index (χ2n) is 5.84. The van der Waals surface area contributed by atoms with Gasteiger partial charge >= 0.3 is 0 Å². The number of nitrogens with one attached hydrogen (secondary N) is 2. The van der Waals surface area contributed by atoms with Gasteiger partial charge in [-0.15, -0.1) is 11.3 Å². The van der Waals surface area contributed by atoms with Gasteiger partial charge in [0.2, 0.25) is 5.95 Å². The van der Waals surface area contributed by atoms with E-state index in [4.69, 9.17) is 0 Å². The SMILES string of the molecule is CCNc1nc(NC2CC(O)C2(C)C)c2ccsc2n1. The lowest BCUT2D eigenvalue weighted by atomic mass is 9.64. The number of rotatable bonds is 4. The molecule has 0 aliphatic heterocycles. The van der Waals surface area contributed by atoms with Gasteiger partial charge in [-0.25, -0.2) is 4.98 Å². The molecule has 1 aliphatic carbocycles. The molecule has 0 saturated heterocycles. The van der Waals surface area contributed by atoms with Crippen molar-refractivity contribution >= 4 is 33.3 Å². The van der Waals surface area contributed by atoms with Gasteiger partial charge in [0, 0.05) is 18.0 Å². The highest BCUT2D eigenvalue weighted by molar-refractivity contribution is 7.16. The molecule has 0 bridgehead atoms. The maximum Gasteiger partial charge on any atom is 0.226 e. The molecule has 3 N–H and O–H groups in total. The van der Waals surface area contributed by atoms with E-state index in [0.717, 1.165) is 29.0 Å². The molecular weight excluding hydrogens is 272 g/mol. The van der Waals surface area contributed by atoms with Crippen LogP contribution < -0.4 is 10.6 Å². The molecule has 6 heteroatoms. The summed E-state index contributed by atoms with van der Waals surface area (Å²) in [5.41, 5.74) is -0.119. The van der Waals surface area contributed by atoms with E-state index in [1.807, 2.05) is 18.4 Å². The van der Waals surface area contributed by atoms with Gasteiger partial charge in [-0.1, -0.05) is 13.8 Å². The smallest absolute Gasteiger partial charge is 0.226 e. The summed E-state index contributed by atoms with van der Waals surface area (Å²) in [5, 5.41) is 19.6. The molecule has 108 valence electrons. The van der Waals surface area contributed by atoms with Crippen LogP contribution in [0.25, 0.3) is 10.2 Å². The highest BCUT2D eigenvalue weighted by Gasteiger charge is 2.47. The first kappa shape index (κ1) is 13.6. The number of aliphatic hydroxyl groups excluding tert-OH is 1. The van der Waals surface area contributed by atoms with E-state index in [1.165, 1.54) is 0 Å². The summed E-state index contributed by atoms with van der Waals surface area (Å²) in [6.45, 7) is 6.98. The normalized spacial score (nSPS) is 24.4. The third kappa shape index (κ3) is 2.13. The van der Waals surface area contributed by atoms with Crippen LogP contribution in [0.4, 0.5) is 11.8 Å². The van der Waals surface area contributed by atoms with Crippen molar-refractivity contribution in [2.24, 2.45) is 5.41 Å². The van der Waals surface area contributed by atoms with Gasteiger partial charge in [0.15, 0.2) is 0 Å². The van der Waals surface area contributed by atoms with Crippen molar-refractivity contribution in [3.05, 3.63) is 11.4 Å². The number of hydrogen-bond acceptors (Lipinski definition) is 6. The number of anilines is 2. The Morgan fingerprint density at radius 3 is 2.90 bits per heavy atom. The van der Waals surface area contributed by atoms with Crippen LogP contribution in [-0.4, -0.2) is 33.8 Å². The van der Waals surface area contributed by atoms with Gasteiger partial charge in [-0.2, -0.15) is 4.98 Å². The van der Waals surface area contributed by atoms with Crippen molar-refractivity contribution in [3.63, 3.8) is 0 Å². The third-order valence-corrected chi connectivity index (χ3v) is 4.99. The zero-order chi connectivity index (χ0) is 14.3. The Morgan fingerprint density at radius 2 is 2.25 bits per heavy atom. The maximum absolute atomic E-state index is 9.85. The highest BCUT2D eigenvalue weighted by atomic mass is 32.1. The van der Waals surface area contributed by atoms with Crippen LogP contribution in [0, 0.1) is 5.41 Å². The number of fused-ring (bicyclic) bond motifs is 1. The number of hydrogen-bond donors (Lipinski definition) is 3. The monoisotopic (exact) mass is 292 g/mol. The fourth-order valence-electron chi connectivity index (χ4n) is 2.52. The molecule has 1 aliphatic rings. The summed E-state index contributed by atoms with van der Waals surface area (Å²) >= 11 is 1.61. The Kier molecular flexibility index (Phi) is 3.30. The number of thiophene rings is 1. The molecule has 0 amide bonds. The van der Waals surface area contributed by atoms with Gasteiger partial charge < -0.3 is 15.7 Å². The molecule has 20 heavy (non-hydrogen) atoms. The van der Waals surface area contributed by atoms with Crippen molar-refractivity contribution in [2.75, 3.05) is 17.2 Å². The van der Waals surface area contributed by atoms with E-state index >= 15 is 0 Å². The Hall–Kier alpha value is -1.40. The van der Waals surface area contributed by atoms with Crippen LogP contribution in [0.5, 0.6) is 0 Å². The Labute approximate surface area is 122 Å². The zero-order valence-corrected chi connectivity index (χ0v) is 12.8. The first-order chi connectivity index (χ1) is 9.52. The molecule has 2 heterocycles. The van der Waals surface area contributed by atoms with Crippen LogP contribution in [0.3, 0.4) is 0 Å². The van der Waals surface area contributed by atoms with Gasteiger partial charge in [0.25, 0.3) is 0 Å². The van der Waals surface area contributed by atoms with Crippen LogP contribution in [0.2, 0.25) is 0 Å². The predicted molar refractivity (Wildman–Crippen MR) is 83.4 cm³/mol. The van der Waals surface area contributed by atoms with E-state index in [1.54, 1.807) is 11.3 Å². The molecule has 2 aromatic rings. The molecule has 0 radical (unpaired) electrons. The summed E-state index contributed by atoms with van der Waals surface area (Å²) in [6, 6.07) is 2.28. The minimum Gasteiger partial charge on any atom is -0.392 e. The van der Waals surface area contributed by atoms with Crippen LogP contribution >= 0.6 is 11.3 Å². The number of aliphatic hydroxyl groups is 1. The zero-order valence-electron chi connectivity index (χ0n) is 12.0. The van der Waals surface area contributed by atoms with E-state index in [0.29, 0.717) is 5.95 Å². The second-order valence-corrected chi connectivity index (χ2v) is 6.73. The standard InChI is InChI=1S/C14H20N4OS/c1-4-15-13-17-11(8-5-6-20-12(8)18-13)16-9-7-10(19)14(9,2)3/h5-6,9-10,19H,4,7H2,1-3H3,(H2,15,16,17,18). The molecule has 3 rings (SSSR count). The minimum atomic E-state index is -0.243. The summed E-state index contributed by atoms with van der Waals surface area (Å²) in [6.07, 6.45) is 0.521. The van der Waals surface area contributed by atoms with E-state index in [2.05, 4.69) is 34.4 Å². The fourth-order valence-corrected chi connectivity index (χ4v) is 3.28. The summed E-state index contributed by atoms with van der Waals surface area (Å²) in [7, 11) is 0. The number of nitrogens with zero attached hydrogens (tertiary/aromatic N) is 2. The topological polar surface area (TPSA) is 70.1 Å². The lowest BCUT2D eigenvalue weighted by Crippen LogP contribution is -2.57. The highest BCUT2D eigenvalue weighted by Crippen LogP contribution is 2.42. The lowest BCUT2D eigenvalue weighted by Gasteiger charge is -2.49. The molecule has 2 aromatic heterocycles. The summed E-state index contributed by atoms with van der Waals surface area (Å²) < 4.78 is 0. The van der Waals surface area contributed by atoms with Crippen LogP contribution in [0.1, 0.15) is 27.2 Å². The summed E-state index contributed by atoms with van der Waals surface area (Å²) in [4.78, 5) is 10.0.